The first-order valence-corrected chi connectivity index (χ1v) is 9.53. The number of hydrogen-bond donors (Lipinski definition) is 0. The quantitative estimate of drug-likeness (QED) is 0.593. The van der Waals surface area contributed by atoms with Crippen LogP contribution in [-0.2, 0) is 20.9 Å². The number of methoxy groups -OCH3 is 1. The standard InChI is InChI=1S/C19H16ClN3O3S/c1-25-19(24)18-16(26-10-12-3-2-6-21-9-12)8-17(27-18)23-11-22-14-5-4-13(20)7-15(14)23/h2-7,9,11,17H,8,10H2,1H3. The van der Waals surface area contributed by atoms with Gasteiger partial charge in [-0.05, 0) is 24.3 Å². The molecule has 6 nitrogen and oxygen atoms in total. The molecule has 0 spiro atoms. The second kappa shape index (κ2) is 7.62. The smallest absolute Gasteiger partial charge is 0.347 e. The number of carbonyl (C=O) groups is 1. The third kappa shape index (κ3) is 3.65. The van der Waals surface area contributed by atoms with Crippen molar-refractivity contribution in [2.45, 2.75) is 18.4 Å². The van der Waals surface area contributed by atoms with Crippen molar-refractivity contribution in [3.05, 3.63) is 70.3 Å². The molecular formula is C19H16ClN3O3S. The zero-order valence-corrected chi connectivity index (χ0v) is 16.0. The molecule has 3 heterocycles. The number of carbonyl (C=O) groups excluding carboxylic acids is 1. The third-order valence-electron chi connectivity index (χ3n) is 4.22. The van der Waals surface area contributed by atoms with Crippen LogP contribution >= 0.6 is 23.4 Å². The van der Waals surface area contributed by atoms with E-state index in [1.165, 1.54) is 18.9 Å². The van der Waals surface area contributed by atoms with E-state index in [0.29, 0.717) is 28.7 Å². The van der Waals surface area contributed by atoms with Crippen molar-refractivity contribution >= 4 is 40.4 Å². The normalized spacial score (nSPS) is 16.7. The number of ether oxygens (including phenoxy) is 2. The van der Waals surface area contributed by atoms with Gasteiger partial charge in [0.1, 0.15) is 17.3 Å². The number of benzene rings is 1. The molecule has 4 rings (SSSR count). The summed E-state index contributed by atoms with van der Waals surface area (Å²) >= 11 is 7.55. The summed E-state index contributed by atoms with van der Waals surface area (Å²) < 4.78 is 12.9. The largest absolute Gasteiger partial charge is 0.492 e. The first-order valence-electron chi connectivity index (χ1n) is 8.27. The van der Waals surface area contributed by atoms with Gasteiger partial charge in [-0.3, -0.25) is 4.98 Å². The molecule has 1 aliphatic rings. The second-order valence-electron chi connectivity index (χ2n) is 5.96. The molecule has 3 aromatic rings. The Bertz CT molecular complexity index is 1020. The van der Waals surface area contributed by atoms with E-state index < -0.39 is 5.97 Å². The van der Waals surface area contributed by atoms with E-state index in [2.05, 4.69) is 9.97 Å². The highest BCUT2D eigenvalue weighted by molar-refractivity contribution is 8.04. The van der Waals surface area contributed by atoms with Gasteiger partial charge in [-0.15, -0.1) is 0 Å². The topological polar surface area (TPSA) is 66.2 Å². The number of imidazole rings is 1. The lowest BCUT2D eigenvalue weighted by atomic mass is 10.2. The van der Waals surface area contributed by atoms with E-state index in [1.807, 2.05) is 34.9 Å². The molecule has 1 atom stereocenters. The Morgan fingerprint density at radius 1 is 1.41 bits per heavy atom. The van der Waals surface area contributed by atoms with Crippen molar-refractivity contribution in [1.82, 2.24) is 14.5 Å². The summed E-state index contributed by atoms with van der Waals surface area (Å²) in [7, 11) is 1.37. The average molecular weight is 402 g/mol. The van der Waals surface area contributed by atoms with Gasteiger partial charge < -0.3 is 14.0 Å². The van der Waals surface area contributed by atoms with E-state index in [-0.39, 0.29) is 5.37 Å². The average Bonchev–Trinajstić information content (AvgIpc) is 3.30. The first kappa shape index (κ1) is 17.9. The Morgan fingerprint density at radius 2 is 2.30 bits per heavy atom. The van der Waals surface area contributed by atoms with Crippen molar-refractivity contribution in [1.29, 1.82) is 0 Å². The monoisotopic (exact) mass is 401 g/mol. The van der Waals surface area contributed by atoms with Gasteiger partial charge in [0.15, 0.2) is 0 Å². The lowest BCUT2D eigenvalue weighted by molar-refractivity contribution is -0.135. The van der Waals surface area contributed by atoms with Crippen molar-refractivity contribution in [2.75, 3.05) is 7.11 Å². The fourth-order valence-corrected chi connectivity index (χ4v) is 4.32. The van der Waals surface area contributed by atoms with Crippen LogP contribution in [0.3, 0.4) is 0 Å². The second-order valence-corrected chi connectivity index (χ2v) is 7.58. The zero-order chi connectivity index (χ0) is 18.8. The Kier molecular flexibility index (Phi) is 5.05. The van der Waals surface area contributed by atoms with Gasteiger partial charge in [-0.25, -0.2) is 9.78 Å². The minimum atomic E-state index is -0.397. The van der Waals surface area contributed by atoms with Crippen LogP contribution in [0.2, 0.25) is 5.02 Å². The number of aromatic nitrogens is 3. The summed E-state index contributed by atoms with van der Waals surface area (Å²) in [6, 6.07) is 9.33. The van der Waals surface area contributed by atoms with Crippen LogP contribution < -0.4 is 0 Å². The lowest BCUT2D eigenvalue weighted by Gasteiger charge is -2.13. The van der Waals surface area contributed by atoms with E-state index in [0.717, 1.165) is 16.6 Å². The van der Waals surface area contributed by atoms with Crippen LogP contribution in [0, 0.1) is 0 Å². The summed E-state index contributed by atoms with van der Waals surface area (Å²) in [5, 5.41) is 0.577. The number of hydrogen-bond acceptors (Lipinski definition) is 6. The maximum atomic E-state index is 12.2. The van der Waals surface area contributed by atoms with E-state index in [9.17, 15) is 4.79 Å². The maximum absolute atomic E-state index is 12.2. The highest BCUT2D eigenvalue weighted by Gasteiger charge is 2.33. The molecule has 0 saturated heterocycles. The van der Waals surface area contributed by atoms with Gasteiger partial charge in [0, 0.05) is 29.4 Å². The number of pyridine rings is 1. The number of esters is 1. The van der Waals surface area contributed by atoms with Crippen LogP contribution in [0.4, 0.5) is 0 Å². The Hall–Kier alpha value is -2.51. The molecule has 138 valence electrons. The van der Waals surface area contributed by atoms with Crippen LogP contribution in [-0.4, -0.2) is 27.6 Å². The van der Waals surface area contributed by atoms with Gasteiger partial charge >= 0.3 is 5.97 Å². The minimum absolute atomic E-state index is 0.0635. The van der Waals surface area contributed by atoms with Crippen molar-refractivity contribution < 1.29 is 14.3 Å². The fourth-order valence-electron chi connectivity index (χ4n) is 2.91. The molecular weight excluding hydrogens is 386 g/mol. The molecule has 1 aromatic carbocycles. The van der Waals surface area contributed by atoms with E-state index in [1.54, 1.807) is 18.7 Å². The van der Waals surface area contributed by atoms with Crippen LogP contribution in [0.1, 0.15) is 17.4 Å². The van der Waals surface area contributed by atoms with Gasteiger partial charge in [-0.2, -0.15) is 0 Å². The van der Waals surface area contributed by atoms with Crippen molar-refractivity contribution in [3.8, 4) is 0 Å². The van der Waals surface area contributed by atoms with Crippen LogP contribution in [0.5, 0.6) is 0 Å². The predicted molar refractivity (Wildman–Crippen MR) is 104 cm³/mol. The van der Waals surface area contributed by atoms with Gasteiger partial charge in [0.2, 0.25) is 0 Å². The number of halogens is 1. The highest BCUT2D eigenvalue weighted by atomic mass is 35.5. The molecule has 0 aliphatic carbocycles. The molecule has 0 bridgehead atoms. The SMILES string of the molecule is COC(=O)C1=C(OCc2cccnc2)CC(n2cnc3ccc(Cl)cc32)S1. The van der Waals surface area contributed by atoms with Gasteiger partial charge in [0.05, 0.1) is 29.8 Å². The molecule has 1 aliphatic heterocycles. The van der Waals surface area contributed by atoms with Crippen LogP contribution in [0.15, 0.2) is 59.7 Å². The molecule has 0 radical (unpaired) electrons. The minimum Gasteiger partial charge on any atom is -0.492 e. The van der Waals surface area contributed by atoms with Gasteiger partial charge in [-0.1, -0.05) is 29.4 Å². The highest BCUT2D eigenvalue weighted by Crippen LogP contribution is 2.46. The summed E-state index contributed by atoms with van der Waals surface area (Å²) in [6.07, 6.45) is 5.76. The molecule has 0 N–H and O–H groups in total. The van der Waals surface area contributed by atoms with E-state index in [4.69, 9.17) is 21.1 Å². The summed E-state index contributed by atoms with van der Waals surface area (Å²) in [6.45, 7) is 0.341. The molecule has 0 amide bonds. The molecule has 0 saturated carbocycles. The van der Waals surface area contributed by atoms with Crippen LogP contribution in [0.25, 0.3) is 11.0 Å². The van der Waals surface area contributed by atoms with Crippen molar-refractivity contribution in [3.63, 3.8) is 0 Å². The lowest BCUT2D eigenvalue weighted by Crippen LogP contribution is -2.04. The fraction of sp³-hybridized carbons (Fsp3) is 0.211. The number of thioether (sulfide) groups is 1. The number of nitrogens with zero attached hydrogens (tertiary/aromatic N) is 3. The number of allylic oxidation sites excluding steroid dienone is 1. The summed E-state index contributed by atoms with van der Waals surface area (Å²) in [5.74, 6) is 0.218. The maximum Gasteiger partial charge on any atom is 0.347 e. The Labute approximate surface area is 165 Å². The number of rotatable bonds is 5. The first-order chi connectivity index (χ1) is 13.2. The third-order valence-corrected chi connectivity index (χ3v) is 5.75. The molecule has 8 heteroatoms. The zero-order valence-electron chi connectivity index (χ0n) is 14.5. The summed E-state index contributed by atoms with van der Waals surface area (Å²) in [4.78, 5) is 21.2. The molecule has 1 unspecified atom stereocenters. The van der Waals surface area contributed by atoms with Gasteiger partial charge in [0.25, 0.3) is 0 Å². The van der Waals surface area contributed by atoms with Crippen molar-refractivity contribution in [2.24, 2.45) is 0 Å². The van der Waals surface area contributed by atoms with E-state index >= 15 is 0 Å². The number of fused-ring (bicyclic) bond motifs is 1. The predicted octanol–water partition coefficient (Wildman–Crippen LogP) is 4.32. The Morgan fingerprint density at radius 3 is 3.07 bits per heavy atom. The Balaban J connectivity index is 1.59. The molecule has 27 heavy (non-hydrogen) atoms. The molecule has 2 aromatic heterocycles. The summed E-state index contributed by atoms with van der Waals surface area (Å²) in [5.41, 5.74) is 2.70. The molecule has 0 fully saturated rings.